The van der Waals surface area contributed by atoms with Crippen molar-refractivity contribution in [2.75, 3.05) is 20.1 Å². The highest BCUT2D eigenvalue weighted by atomic mass is 127. The zero-order valence-electron chi connectivity index (χ0n) is 13.9. The van der Waals surface area contributed by atoms with Gasteiger partial charge in [0.25, 0.3) is 0 Å². The third-order valence-electron chi connectivity index (χ3n) is 3.38. The van der Waals surface area contributed by atoms with Crippen molar-refractivity contribution in [2.24, 2.45) is 4.99 Å². The maximum atomic E-state index is 4.68. The number of hydrogen-bond donors (Lipinski definition) is 1. The van der Waals surface area contributed by atoms with E-state index in [-0.39, 0.29) is 24.0 Å². The highest BCUT2D eigenvalue weighted by molar-refractivity contribution is 14.0. The van der Waals surface area contributed by atoms with Crippen LogP contribution in [-0.4, -0.2) is 45.8 Å². The smallest absolute Gasteiger partial charge is 0.194 e. The first-order chi connectivity index (χ1) is 10.7. The molecule has 2 aromatic rings. The van der Waals surface area contributed by atoms with Gasteiger partial charge in [-0.05, 0) is 31.7 Å². The van der Waals surface area contributed by atoms with Crippen molar-refractivity contribution in [1.82, 2.24) is 25.0 Å². The first-order valence-electron chi connectivity index (χ1n) is 7.63. The van der Waals surface area contributed by atoms with Crippen molar-refractivity contribution in [3.63, 3.8) is 0 Å². The SMILES string of the molecule is CCNC(=NCc1nncn1CC)N(C)CCc1cccs1.I. The zero-order valence-corrected chi connectivity index (χ0v) is 17.0. The van der Waals surface area contributed by atoms with Gasteiger partial charge in [0.1, 0.15) is 12.9 Å². The standard InChI is InChI=1S/C15H24N6S.HI/c1-4-16-15(17-11-14-19-18-12-21(14)5-2)20(3)9-8-13-7-6-10-22-13;/h6-7,10,12H,4-5,8-9,11H2,1-3H3,(H,16,17);1H. The van der Waals surface area contributed by atoms with E-state index >= 15 is 0 Å². The van der Waals surface area contributed by atoms with E-state index in [1.54, 1.807) is 17.7 Å². The number of guanidine groups is 1. The second kappa shape index (κ2) is 10.6. The second-order valence-electron chi connectivity index (χ2n) is 4.95. The molecule has 23 heavy (non-hydrogen) atoms. The van der Waals surface area contributed by atoms with Crippen LogP contribution in [0.5, 0.6) is 0 Å². The quantitative estimate of drug-likeness (QED) is 0.402. The number of halogens is 1. The van der Waals surface area contributed by atoms with Gasteiger partial charge in [-0.3, -0.25) is 0 Å². The topological polar surface area (TPSA) is 58.3 Å². The summed E-state index contributed by atoms with van der Waals surface area (Å²) in [7, 11) is 2.07. The Kier molecular flexibility index (Phi) is 9.15. The third-order valence-corrected chi connectivity index (χ3v) is 4.31. The molecule has 0 saturated carbocycles. The Hall–Kier alpha value is -1.16. The van der Waals surface area contributed by atoms with Gasteiger partial charge in [-0.25, -0.2) is 4.99 Å². The number of aromatic nitrogens is 3. The number of likely N-dealkylation sites (N-methyl/N-ethyl adjacent to an activating group) is 1. The number of nitrogens with zero attached hydrogens (tertiary/aromatic N) is 5. The van der Waals surface area contributed by atoms with Crippen LogP contribution in [0.3, 0.4) is 0 Å². The van der Waals surface area contributed by atoms with Gasteiger partial charge in [-0.15, -0.1) is 45.5 Å². The molecule has 0 aliphatic carbocycles. The van der Waals surface area contributed by atoms with Crippen LogP contribution in [0.15, 0.2) is 28.8 Å². The lowest BCUT2D eigenvalue weighted by Crippen LogP contribution is -2.40. The van der Waals surface area contributed by atoms with Crippen LogP contribution in [0.2, 0.25) is 0 Å². The van der Waals surface area contributed by atoms with E-state index < -0.39 is 0 Å². The first kappa shape index (κ1) is 19.9. The summed E-state index contributed by atoms with van der Waals surface area (Å²) in [5.41, 5.74) is 0. The Morgan fingerprint density at radius 1 is 1.43 bits per heavy atom. The van der Waals surface area contributed by atoms with Crippen LogP contribution >= 0.6 is 35.3 Å². The monoisotopic (exact) mass is 448 g/mol. The van der Waals surface area contributed by atoms with Crippen LogP contribution in [0.25, 0.3) is 0 Å². The van der Waals surface area contributed by atoms with E-state index in [2.05, 4.69) is 63.8 Å². The fraction of sp³-hybridized carbons (Fsp3) is 0.533. The van der Waals surface area contributed by atoms with Crippen molar-refractivity contribution in [3.05, 3.63) is 34.5 Å². The Labute approximate surface area is 159 Å². The molecule has 128 valence electrons. The van der Waals surface area contributed by atoms with Crippen molar-refractivity contribution in [3.8, 4) is 0 Å². The largest absolute Gasteiger partial charge is 0.357 e. The van der Waals surface area contributed by atoms with Crippen LogP contribution in [0.1, 0.15) is 24.5 Å². The average Bonchev–Trinajstić information content (AvgIpc) is 3.19. The van der Waals surface area contributed by atoms with E-state index in [4.69, 9.17) is 0 Å². The molecule has 0 amide bonds. The van der Waals surface area contributed by atoms with Gasteiger partial charge in [0, 0.05) is 31.6 Å². The molecular weight excluding hydrogens is 423 g/mol. The molecule has 0 aliphatic rings. The summed E-state index contributed by atoms with van der Waals surface area (Å²) in [6.07, 6.45) is 2.78. The highest BCUT2D eigenvalue weighted by Crippen LogP contribution is 2.09. The molecule has 2 aromatic heterocycles. The van der Waals surface area contributed by atoms with Crippen molar-refractivity contribution >= 4 is 41.3 Å². The lowest BCUT2D eigenvalue weighted by Gasteiger charge is -2.21. The molecule has 8 heteroatoms. The fourth-order valence-electron chi connectivity index (χ4n) is 2.12. The lowest BCUT2D eigenvalue weighted by molar-refractivity contribution is 0.485. The van der Waals surface area contributed by atoms with E-state index in [1.165, 1.54) is 4.88 Å². The Morgan fingerprint density at radius 3 is 2.91 bits per heavy atom. The van der Waals surface area contributed by atoms with E-state index in [9.17, 15) is 0 Å². The van der Waals surface area contributed by atoms with Gasteiger partial charge < -0.3 is 14.8 Å². The summed E-state index contributed by atoms with van der Waals surface area (Å²) in [6.45, 7) is 7.35. The van der Waals surface area contributed by atoms with Crippen molar-refractivity contribution < 1.29 is 0 Å². The lowest BCUT2D eigenvalue weighted by atomic mass is 10.3. The predicted octanol–water partition coefficient (Wildman–Crippen LogP) is 2.62. The average molecular weight is 448 g/mol. The molecule has 0 spiro atoms. The summed E-state index contributed by atoms with van der Waals surface area (Å²) in [5, 5.41) is 13.5. The molecule has 0 fully saturated rings. The molecule has 2 heterocycles. The van der Waals surface area contributed by atoms with Gasteiger partial charge in [-0.1, -0.05) is 6.07 Å². The molecule has 0 aliphatic heterocycles. The molecule has 0 bridgehead atoms. The van der Waals surface area contributed by atoms with Gasteiger partial charge in [0.2, 0.25) is 0 Å². The minimum Gasteiger partial charge on any atom is -0.357 e. The van der Waals surface area contributed by atoms with Crippen LogP contribution < -0.4 is 5.32 Å². The number of rotatable bonds is 7. The Morgan fingerprint density at radius 2 is 2.26 bits per heavy atom. The fourth-order valence-corrected chi connectivity index (χ4v) is 2.82. The van der Waals surface area contributed by atoms with Gasteiger partial charge in [0.05, 0.1) is 0 Å². The van der Waals surface area contributed by atoms with E-state index in [1.807, 2.05) is 4.57 Å². The third kappa shape index (κ3) is 6.09. The summed E-state index contributed by atoms with van der Waals surface area (Å²) < 4.78 is 2.01. The Bertz CT molecular complexity index is 581. The van der Waals surface area contributed by atoms with Gasteiger partial charge in [-0.2, -0.15) is 0 Å². The first-order valence-corrected chi connectivity index (χ1v) is 8.51. The number of aliphatic imine (C=N–C) groups is 1. The molecule has 0 aromatic carbocycles. The van der Waals surface area contributed by atoms with Crippen molar-refractivity contribution in [1.29, 1.82) is 0 Å². The molecule has 2 rings (SSSR count). The zero-order chi connectivity index (χ0) is 15.8. The summed E-state index contributed by atoms with van der Waals surface area (Å²) in [6, 6.07) is 4.27. The summed E-state index contributed by atoms with van der Waals surface area (Å²) in [5.74, 6) is 1.80. The second-order valence-corrected chi connectivity index (χ2v) is 5.99. The van der Waals surface area contributed by atoms with Crippen LogP contribution in [0.4, 0.5) is 0 Å². The maximum Gasteiger partial charge on any atom is 0.194 e. The maximum absolute atomic E-state index is 4.68. The Balaban J connectivity index is 0.00000264. The van der Waals surface area contributed by atoms with Gasteiger partial charge in [0.15, 0.2) is 11.8 Å². The van der Waals surface area contributed by atoms with Crippen LogP contribution in [0, 0.1) is 0 Å². The number of nitrogens with one attached hydrogen (secondary N) is 1. The highest BCUT2D eigenvalue weighted by Gasteiger charge is 2.08. The predicted molar refractivity (Wildman–Crippen MR) is 107 cm³/mol. The number of hydrogen-bond acceptors (Lipinski definition) is 4. The molecule has 6 nitrogen and oxygen atoms in total. The summed E-state index contributed by atoms with van der Waals surface area (Å²) >= 11 is 1.80. The minimum absolute atomic E-state index is 0. The molecule has 0 saturated heterocycles. The molecular formula is C15H25IN6S. The molecule has 0 radical (unpaired) electrons. The summed E-state index contributed by atoms with van der Waals surface area (Å²) in [4.78, 5) is 8.24. The molecule has 0 atom stereocenters. The van der Waals surface area contributed by atoms with E-state index in [0.29, 0.717) is 6.54 Å². The molecule has 0 unspecified atom stereocenters. The number of thiophene rings is 1. The minimum atomic E-state index is 0. The normalized spacial score (nSPS) is 11.2. The van der Waals surface area contributed by atoms with Crippen molar-refractivity contribution in [2.45, 2.75) is 33.4 Å². The van der Waals surface area contributed by atoms with Gasteiger partial charge >= 0.3 is 0 Å². The number of aryl methyl sites for hydroxylation is 1. The molecule has 1 N–H and O–H groups in total. The van der Waals surface area contributed by atoms with Crippen LogP contribution in [-0.2, 0) is 19.5 Å². The van der Waals surface area contributed by atoms with E-state index in [0.717, 1.165) is 37.8 Å².